The molecule has 76 valence electrons. The predicted octanol–water partition coefficient (Wildman–Crippen LogP) is 4.49. The SMILES string of the molecule is CCCc1ccc(C(Br)C2CC2)cc1. The van der Waals surface area contributed by atoms with Gasteiger partial charge in [-0.15, -0.1) is 0 Å². The molecule has 0 spiro atoms. The van der Waals surface area contributed by atoms with Crippen molar-refractivity contribution in [3.05, 3.63) is 35.4 Å². The zero-order valence-electron chi connectivity index (χ0n) is 8.67. The Morgan fingerprint density at radius 3 is 2.43 bits per heavy atom. The fourth-order valence-corrected chi connectivity index (χ4v) is 2.65. The minimum absolute atomic E-state index is 0.596. The average molecular weight is 253 g/mol. The molecule has 0 bridgehead atoms. The van der Waals surface area contributed by atoms with E-state index in [-0.39, 0.29) is 0 Å². The fourth-order valence-electron chi connectivity index (χ4n) is 1.82. The number of benzene rings is 1. The van der Waals surface area contributed by atoms with Crippen molar-refractivity contribution in [2.24, 2.45) is 5.92 Å². The molecule has 0 nitrogen and oxygen atoms in total. The topological polar surface area (TPSA) is 0 Å². The second-order valence-corrected chi connectivity index (χ2v) is 5.22. The van der Waals surface area contributed by atoms with E-state index in [9.17, 15) is 0 Å². The molecule has 0 aliphatic heterocycles. The van der Waals surface area contributed by atoms with Crippen LogP contribution in [0, 0.1) is 5.92 Å². The van der Waals surface area contributed by atoms with Crippen molar-refractivity contribution < 1.29 is 0 Å². The van der Waals surface area contributed by atoms with Crippen LogP contribution < -0.4 is 0 Å². The van der Waals surface area contributed by atoms with Gasteiger partial charge in [0, 0.05) is 4.83 Å². The van der Waals surface area contributed by atoms with E-state index in [0.29, 0.717) is 4.83 Å². The third-order valence-electron chi connectivity index (χ3n) is 2.87. The summed E-state index contributed by atoms with van der Waals surface area (Å²) < 4.78 is 0. The molecule has 1 unspecified atom stereocenters. The molecule has 1 saturated carbocycles. The normalized spacial score (nSPS) is 18.1. The highest BCUT2D eigenvalue weighted by Crippen LogP contribution is 2.46. The molecule has 0 radical (unpaired) electrons. The second kappa shape index (κ2) is 4.48. The molecule has 1 atom stereocenters. The van der Waals surface area contributed by atoms with Gasteiger partial charge in [0.2, 0.25) is 0 Å². The third kappa shape index (κ3) is 2.38. The molecule has 2 rings (SSSR count). The van der Waals surface area contributed by atoms with Crippen LogP contribution in [-0.4, -0.2) is 0 Å². The van der Waals surface area contributed by atoms with Crippen molar-refractivity contribution in [2.45, 2.75) is 37.4 Å². The van der Waals surface area contributed by atoms with Crippen molar-refractivity contribution in [2.75, 3.05) is 0 Å². The standard InChI is InChI=1S/C13H17Br/c1-2-3-10-4-6-11(7-5-10)13(14)12-8-9-12/h4-7,12-13H,2-3,8-9H2,1H3. The van der Waals surface area contributed by atoms with Crippen LogP contribution in [0.25, 0.3) is 0 Å². The van der Waals surface area contributed by atoms with Gasteiger partial charge in [0.25, 0.3) is 0 Å². The lowest BCUT2D eigenvalue weighted by Crippen LogP contribution is -1.92. The first kappa shape index (κ1) is 10.2. The van der Waals surface area contributed by atoms with Gasteiger partial charge in [-0.05, 0) is 36.3 Å². The van der Waals surface area contributed by atoms with E-state index < -0.39 is 0 Å². The summed E-state index contributed by atoms with van der Waals surface area (Å²) in [4.78, 5) is 0.596. The minimum Gasteiger partial charge on any atom is -0.0836 e. The van der Waals surface area contributed by atoms with Crippen molar-refractivity contribution in [1.29, 1.82) is 0 Å². The van der Waals surface area contributed by atoms with Gasteiger partial charge in [-0.3, -0.25) is 0 Å². The number of hydrogen-bond donors (Lipinski definition) is 0. The average Bonchev–Trinajstić information content (AvgIpc) is 3.02. The highest BCUT2D eigenvalue weighted by molar-refractivity contribution is 9.09. The predicted molar refractivity (Wildman–Crippen MR) is 64.8 cm³/mol. The summed E-state index contributed by atoms with van der Waals surface area (Å²) in [5.41, 5.74) is 2.92. The summed E-state index contributed by atoms with van der Waals surface area (Å²) in [5, 5.41) is 0. The van der Waals surface area contributed by atoms with Gasteiger partial charge in [-0.2, -0.15) is 0 Å². The zero-order chi connectivity index (χ0) is 9.97. The molecule has 1 aliphatic rings. The summed E-state index contributed by atoms with van der Waals surface area (Å²) in [6.07, 6.45) is 5.23. The largest absolute Gasteiger partial charge is 0.0836 e. The molecule has 14 heavy (non-hydrogen) atoms. The maximum atomic E-state index is 3.78. The Morgan fingerprint density at radius 2 is 1.93 bits per heavy atom. The lowest BCUT2D eigenvalue weighted by Gasteiger charge is -2.09. The number of rotatable bonds is 4. The smallest absolute Gasteiger partial charge is 0.0423 e. The Morgan fingerprint density at radius 1 is 1.29 bits per heavy atom. The molecule has 0 heterocycles. The summed E-state index contributed by atoms with van der Waals surface area (Å²) >= 11 is 3.78. The molecule has 0 amide bonds. The van der Waals surface area contributed by atoms with E-state index in [4.69, 9.17) is 0 Å². The number of hydrogen-bond acceptors (Lipinski definition) is 0. The van der Waals surface area contributed by atoms with Crippen LogP contribution in [0.5, 0.6) is 0 Å². The Bertz CT molecular complexity index is 285. The van der Waals surface area contributed by atoms with E-state index in [2.05, 4.69) is 47.1 Å². The van der Waals surface area contributed by atoms with Gasteiger partial charge in [-0.25, -0.2) is 0 Å². The quantitative estimate of drug-likeness (QED) is 0.694. The van der Waals surface area contributed by atoms with Gasteiger partial charge < -0.3 is 0 Å². The minimum atomic E-state index is 0.596. The van der Waals surface area contributed by atoms with Gasteiger partial charge in [0.1, 0.15) is 0 Å². The number of alkyl halides is 1. The lowest BCUT2D eigenvalue weighted by molar-refractivity contribution is 0.821. The summed E-state index contributed by atoms with van der Waals surface area (Å²) in [6.45, 7) is 2.23. The molecule has 1 aromatic rings. The van der Waals surface area contributed by atoms with Crippen LogP contribution in [0.2, 0.25) is 0 Å². The van der Waals surface area contributed by atoms with E-state index >= 15 is 0 Å². The highest BCUT2D eigenvalue weighted by Gasteiger charge is 2.30. The molecular weight excluding hydrogens is 236 g/mol. The van der Waals surface area contributed by atoms with Crippen LogP contribution >= 0.6 is 15.9 Å². The first-order valence-electron chi connectivity index (χ1n) is 5.54. The second-order valence-electron chi connectivity index (χ2n) is 4.23. The number of aryl methyl sites for hydroxylation is 1. The highest BCUT2D eigenvalue weighted by atomic mass is 79.9. The monoisotopic (exact) mass is 252 g/mol. The maximum Gasteiger partial charge on any atom is 0.0423 e. The van der Waals surface area contributed by atoms with Crippen molar-refractivity contribution in [3.8, 4) is 0 Å². The number of halogens is 1. The molecule has 1 fully saturated rings. The van der Waals surface area contributed by atoms with Crippen LogP contribution in [0.4, 0.5) is 0 Å². The molecular formula is C13H17Br. The molecule has 1 aliphatic carbocycles. The zero-order valence-corrected chi connectivity index (χ0v) is 10.3. The molecule has 0 aromatic heterocycles. The third-order valence-corrected chi connectivity index (χ3v) is 4.15. The Kier molecular flexibility index (Phi) is 3.27. The van der Waals surface area contributed by atoms with Crippen LogP contribution in [0.3, 0.4) is 0 Å². The molecule has 0 saturated heterocycles. The van der Waals surface area contributed by atoms with Crippen molar-refractivity contribution in [1.82, 2.24) is 0 Å². The maximum absolute atomic E-state index is 3.78. The fraction of sp³-hybridized carbons (Fsp3) is 0.538. The Labute approximate surface area is 94.8 Å². The van der Waals surface area contributed by atoms with E-state index in [1.54, 1.807) is 0 Å². The van der Waals surface area contributed by atoms with Crippen LogP contribution in [0.1, 0.15) is 42.1 Å². The Balaban J connectivity index is 2.04. The van der Waals surface area contributed by atoms with E-state index in [1.165, 1.54) is 36.8 Å². The molecule has 1 aromatic carbocycles. The summed E-state index contributed by atoms with van der Waals surface area (Å²) in [6, 6.07) is 9.11. The van der Waals surface area contributed by atoms with Gasteiger partial charge in [-0.1, -0.05) is 53.5 Å². The molecule has 0 N–H and O–H groups in total. The van der Waals surface area contributed by atoms with E-state index in [1.807, 2.05) is 0 Å². The molecule has 1 heteroatoms. The summed E-state index contributed by atoms with van der Waals surface area (Å²) in [5.74, 6) is 0.895. The van der Waals surface area contributed by atoms with Gasteiger partial charge in [0.15, 0.2) is 0 Å². The summed E-state index contributed by atoms with van der Waals surface area (Å²) in [7, 11) is 0. The first-order chi connectivity index (χ1) is 6.81. The van der Waals surface area contributed by atoms with Crippen LogP contribution in [0.15, 0.2) is 24.3 Å². The van der Waals surface area contributed by atoms with Crippen LogP contribution in [-0.2, 0) is 6.42 Å². The van der Waals surface area contributed by atoms with Crippen molar-refractivity contribution in [3.63, 3.8) is 0 Å². The van der Waals surface area contributed by atoms with Gasteiger partial charge >= 0.3 is 0 Å². The van der Waals surface area contributed by atoms with E-state index in [0.717, 1.165) is 5.92 Å². The van der Waals surface area contributed by atoms with Crippen molar-refractivity contribution >= 4 is 15.9 Å². The lowest BCUT2D eigenvalue weighted by atomic mass is 10.0. The Hall–Kier alpha value is -0.300. The first-order valence-corrected chi connectivity index (χ1v) is 6.45. The van der Waals surface area contributed by atoms with Gasteiger partial charge in [0.05, 0.1) is 0 Å².